The fourth-order valence-electron chi connectivity index (χ4n) is 2.95. The SMILES string of the molecule is COc1cccc(CNC(=O)c2ccc(CS(=O)c3ccccc3C)o2)c1OC. The second-order valence-corrected chi connectivity index (χ2v) is 7.78. The van der Waals surface area contributed by atoms with Crippen LogP contribution in [0, 0.1) is 6.92 Å². The Kier molecular flexibility index (Phi) is 6.72. The molecule has 152 valence electrons. The number of nitrogens with one attached hydrogen (secondary N) is 1. The van der Waals surface area contributed by atoms with E-state index in [-0.39, 0.29) is 24.0 Å². The standard InChI is InChI=1S/C22H23NO5S/c1-15-7-4-5-10-20(15)29(25)14-17-11-12-19(28-17)22(24)23-13-16-8-6-9-18(26-2)21(16)27-3/h4-12H,13-14H2,1-3H3,(H,23,24). The fraction of sp³-hybridized carbons (Fsp3) is 0.227. The summed E-state index contributed by atoms with van der Waals surface area (Å²) in [4.78, 5) is 13.2. The van der Waals surface area contributed by atoms with E-state index in [1.807, 2.05) is 43.3 Å². The predicted molar refractivity (Wildman–Crippen MR) is 111 cm³/mol. The Morgan fingerprint density at radius 2 is 1.83 bits per heavy atom. The maximum absolute atomic E-state index is 12.6. The first-order valence-electron chi connectivity index (χ1n) is 9.04. The van der Waals surface area contributed by atoms with Gasteiger partial charge in [-0.3, -0.25) is 9.00 Å². The molecular formula is C22H23NO5S. The molecule has 0 bridgehead atoms. The first kappa shape index (κ1) is 20.7. The van der Waals surface area contributed by atoms with E-state index in [4.69, 9.17) is 13.9 Å². The van der Waals surface area contributed by atoms with Gasteiger partial charge in [-0.15, -0.1) is 0 Å². The molecule has 1 N–H and O–H groups in total. The molecule has 0 saturated heterocycles. The molecule has 29 heavy (non-hydrogen) atoms. The van der Waals surface area contributed by atoms with E-state index in [0.717, 1.165) is 16.0 Å². The van der Waals surface area contributed by atoms with Gasteiger partial charge in [-0.25, -0.2) is 0 Å². The van der Waals surface area contributed by atoms with Crippen LogP contribution >= 0.6 is 0 Å². The lowest BCUT2D eigenvalue weighted by Crippen LogP contribution is -2.22. The van der Waals surface area contributed by atoms with Crippen LogP contribution in [0.15, 0.2) is 63.9 Å². The van der Waals surface area contributed by atoms with E-state index < -0.39 is 10.8 Å². The zero-order chi connectivity index (χ0) is 20.8. The molecule has 0 aliphatic rings. The van der Waals surface area contributed by atoms with E-state index in [1.54, 1.807) is 32.4 Å². The molecule has 0 saturated carbocycles. The highest BCUT2D eigenvalue weighted by atomic mass is 32.2. The number of para-hydroxylation sites is 1. The van der Waals surface area contributed by atoms with Gasteiger partial charge in [-0.05, 0) is 36.8 Å². The molecule has 1 heterocycles. The Labute approximate surface area is 172 Å². The highest BCUT2D eigenvalue weighted by molar-refractivity contribution is 7.84. The van der Waals surface area contributed by atoms with Gasteiger partial charge in [0.15, 0.2) is 17.3 Å². The average molecular weight is 413 g/mol. The van der Waals surface area contributed by atoms with Gasteiger partial charge in [0.25, 0.3) is 5.91 Å². The largest absolute Gasteiger partial charge is 0.493 e. The third-order valence-electron chi connectivity index (χ3n) is 4.42. The monoisotopic (exact) mass is 413 g/mol. The van der Waals surface area contributed by atoms with E-state index in [2.05, 4.69) is 5.32 Å². The van der Waals surface area contributed by atoms with Crippen LogP contribution in [0.4, 0.5) is 0 Å². The second kappa shape index (κ2) is 9.43. The van der Waals surface area contributed by atoms with Crippen LogP contribution in [0.2, 0.25) is 0 Å². The van der Waals surface area contributed by atoms with Crippen LogP contribution in [0.1, 0.15) is 27.4 Å². The molecule has 0 aliphatic heterocycles. The molecule has 7 heteroatoms. The number of hydrogen-bond acceptors (Lipinski definition) is 5. The summed E-state index contributed by atoms with van der Waals surface area (Å²) in [6, 6.07) is 16.2. The molecule has 1 amide bonds. The molecule has 0 aliphatic carbocycles. The number of ether oxygens (including phenoxy) is 2. The highest BCUT2D eigenvalue weighted by Crippen LogP contribution is 2.30. The summed E-state index contributed by atoms with van der Waals surface area (Å²) in [6.45, 7) is 2.17. The zero-order valence-corrected chi connectivity index (χ0v) is 17.4. The van der Waals surface area contributed by atoms with Crippen LogP contribution in [0.25, 0.3) is 0 Å². The number of benzene rings is 2. The summed E-state index contributed by atoms with van der Waals surface area (Å²) in [6.07, 6.45) is 0. The molecular weight excluding hydrogens is 390 g/mol. The average Bonchev–Trinajstić information content (AvgIpc) is 3.20. The van der Waals surface area contributed by atoms with Crippen molar-refractivity contribution in [1.82, 2.24) is 5.32 Å². The lowest BCUT2D eigenvalue weighted by Gasteiger charge is -2.12. The van der Waals surface area contributed by atoms with Crippen LogP contribution < -0.4 is 14.8 Å². The van der Waals surface area contributed by atoms with E-state index in [9.17, 15) is 9.00 Å². The normalized spacial score (nSPS) is 11.7. The highest BCUT2D eigenvalue weighted by Gasteiger charge is 2.16. The Balaban J connectivity index is 1.64. The summed E-state index contributed by atoms with van der Waals surface area (Å²) in [5.74, 6) is 1.69. The first-order valence-corrected chi connectivity index (χ1v) is 10.4. The zero-order valence-electron chi connectivity index (χ0n) is 16.6. The number of amides is 1. The summed E-state index contributed by atoms with van der Waals surface area (Å²) in [7, 11) is 1.87. The molecule has 0 spiro atoms. The third-order valence-corrected chi connectivity index (χ3v) is 5.92. The van der Waals surface area contributed by atoms with E-state index in [0.29, 0.717) is 17.3 Å². The molecule has 1 aromatic heterocycles. The van der Waals surface area contributed by atoms with Crippen molar-refractivity contribution in [2.75, 3.05) is 14.2 Å². The summed E-state index contributed by atoms with van der Waals surface area (Å²) in [5.41, 5.74) is 1.75. The van der Waals surface area contributed by atoms with Crippen molar-refractivity contribution in [1.29, 1.82) is 0 Å². The number of furan rings is 1. The van der Waals surface area contributed by atoms with Gasteiger partial charge in [0, 0.05) is 17.0 Å². The van der Waals surface area contributed by atoms with Gasteiger partial charge in [-0.1, -0.05) is 30.3 Å². The number of carbonyl (C=O) groups is 1. The van der Waals surface area contributed by atoms with Crippen LogP contribution in [0.3, 0.4) is 0 Å². The molecule has 1 unspecified atom stereocenters. The molecule has 2 aromatic carbocycles. The number of rotatable bonds is 8. The Morgan fingerprint density at radius 3 is 2.55 bits per heavy atom. The van der Waals surface area contributed by atoms with Crippen molar-refractivity contribution in [3.05, 3.63) is 77.2 Å². The second-order valence-electron chi connectivity index (χ2n) is 6.36. The van der Waals surface area contributed by atoms with Crippen LogP contribution in [-0.2, 0) is 23.1 Å². The van der Waals surface area contributed by atoms with Gasteiger partial charge in [0.05, 0.1) is 30.8 Å². The Hall–Kier alpha value is -3.06. The smallest absolute Gasteiger partial charge is 0.287 e. The van der Waals surface area contributed by atoms with Crippen molar-refractivity contribution in [3.8, 4) is 11.5 Å². The van der Waals surface area contributed by atoms with Gasteiger partial charge in [0.2, 0.25) is 0 Å². The third kappa shape index (κ3) is 4.86. The van der Waals surface area contributed by atoms with Gasteiger partial charge in [0.1, 0.15) is 5.76 Å². The minimum Gasteiger partial charge on any atom is -0.493 e. The maximum atomic E-state index is 12.6. The van der Waals surface area contributed by atoms with Gasteiger partial charge in [-0.2, -0.15) is 0 Å². The van der Waals surface area contributed by atoms with E-state index >= 15 is 0 Å². The molecule has 6 nitrogen and oxygen atoms in total. The number of carbonyl (C=O) groups excluding carboxylic acids is 1. The van der Waals surface area contributed by atoms with E-state index in [1.165, 1.54) is 0 Å². The lowest BCUT2D eigenvalue weighted by atomic mass is 10.2. The Morgan fingerprint density at radius 1 is 1.03 bits per heavy atom. The van der Waals surface area contributed by atoms with Gasteiger partial charge < -0.3 is 19.2 Å². The summed E-state index contributed by atoms with van der Waals surface area (Å²) >= 11 is 0. The van der Waals surface area contributed by atoms with Crippen LogP contribution in [0.5, 0.6) is 11.5 Å². The maximum Gasteiger partial charge on any atom is 0.287 e. The minimum atomic E-state index is -1.24. The molecule has 3 rings (SSSR count). The first-order chi connectivity index (χ1) is 14.0. The van der Waals surface area contributed by atoms with Crippen molar-refractivity contribution in [2.45, 2.75) is 24.1 Å². The van der Waals surface area contributed by atoms with Crippen LogP contribution in [-0.4, -0.2) is 24.3 Å². The predicted octanol–water partition coefficient (Wildman–Crippen LogP) is 3.84. The molecule has 1 atom stereocenters. The quantitative estimate of drug-likeness (QED) is 0.607. The summed E-state index contributed by atoms with van der Waals surface area (Å²) in [5, 5.41) is 2.80. The molecule has 0 radical (unpaired) electrons. The fourth-order valence-corrected chi connectivity index (χ4v) is 4.18. The molecule has 3 aromatic rings. The van der Waals surface area contributed by atoms with Crippen molar-refractivity contribution < 1.29 is 22.9 Å². The number of aryl methyl sites for hydroxylation is 1. The summed E-state index contributed by atoms with van der Waals surface area (Å²) < 4.78 is 28.8. The number of hydrogen-bond donors (Lipinski definition) is 1. The minimum absolute atomic E-state index is 0.170. The van der Waals surface area contributed by atoms with Crippen molar-refractivity contribution in [2.24, 2.45) is 0 Å². The lowest BCUT2D eigenvalue weighted by molar-refractivity contribution is 0.0921. The Bertz CT molecular complexity index is 1030. The number of methoxy groups -OCH3 is 2. The van der Waals surface area contributed by atoms with Crippen molar-refractivity contribution >= 4 is 16.7 Å². The topological polar surface area (TPSA) is 77.8 Å². The van der Waals surface area contributed by atoms with Gasteiger partial charge >= 0.3 is 0 Å². The molecule has 0 fully saturated rings. The van der Waals surface area contributed by atoms with Crippen molar-refractivity contribution in [3.63, 3.8) is 0 Å².